The molecule has 1 aliphatic carbocycles. The first-order valence-corrected chi connectivity index (χ1v) is 9.21. The molecule has 0 aromatic heterocycles. The zero-order valence-electron chi connectivity index (χ0n) is 13.3. The van der Waals surface area contributed by atoms with E-state index in [2.05, 4.69) is 10.0 Å². The Morgan fingerprint density at radius 2 is 2.00 bits per heavy atom. The predicted molar refractivity (Wildman–Crippen MR) is 88.2 cm³/mol. The molecule has 0 heterocycles. The Morgan fingerprint density at radius 1 is 1.27 bits per heavy atom. The third-order valence-electron chi connectivity index (χ3n) is 4.10. The molecule has 1 fully saturated rings. The van der Waals surface area contributed by atoms with Crippen LogP contribution >= 0.6 is 0 Å². The fraction of sp³-hybridized carbons (Fsp3) is 0.600. The number of benzene rings is 1. The van der Waals surface area contributed by atoms with Crippen LogP contribution in [0.4, 0.5) is 11.4 Å². The third kappa shape index (κ3) is 4.27. The lowest BCUT2D eigenvalue weighted by atomic mass is 9.77. The van der Waals surface area contributed by atoms with Crippen molar-refractivity contribution < 1.29 is 17.9 Å². The van der Waals surface area contributed by atoms with Crippen molar-refractivity contribution in [1.29, 1.82) is 0 Å². The first-order valence-electron chi connectivity index (χ1n) is 7.32. The summed E-state index contributed by atoms with van der Waals surface area (Å²) in [7, 11) is 0.0557. The van der Waals surface area contributed by atoms with Crippen LogP contribution in [0.5, 0.6) is 5.75 Å². The Bertz CT molecular complexity index is 606. The molecule has 2 rings (SSSR count). The van der Waals surface area contributed by atoms with Gasteiger partial charge in [0.25, 0.3) is 0 Å². The lowest BCUT2D eigenvalue weighted by Gasteiger charge is -2.40. The number of methoxy groups -OCH3 is 2. The van der Waals surface area contributed by atoms with E-state index in [0.29, 0.717) is 11.4 Å². The average Bonchev–Trinajstić information content (AvgIpc) is 2.40. The molecule has 1 saturated carbocycles. The van der Waals surface area contributed by atoms with Gasteiger partial charge in [-0.3, -0.25) is 4.72 Å². The second-order valence-electron chi connectivity index (χ2n) is 5.71. The van der Waals surface area contributed by atoms with E-state index < -0.39 is 10.0 Å². The van der Waals surface area contributed by atoms with E-state index in [-0.39, 0.29) is 5.60 Å². The number of nitrogens with one attached hydrogen (secondary N) is 2. The fourth-order valence-electron chi connectivity index (χ4n) is 2.68. The number of sulfonamides is 1. The predicted octanol–water partition coefficient (Wildman–Crippen LogP) is 2.44. The molecule has 22 heavy (non-hydrogen) atoms. The van der Waals surface area contributed by atoms with Gasteiger partial charge >= 0.3 is 0 Å². The molecule has 124 valence electrons. The van der Waals surface area contributed by atoms with Gasteiger partial charge in [-0.05, 0) is 43.9 Å². The molecule has 1 aliphatic rings. The van der Waals surface area contributed by atoms with Crippen molar-refractivity contribution in [3.8, 4) is 5.75 Å². The van der Waals surface area contributed by atoms with E-state index in [4.69, 9.17) is 9.47 Å². The van der Waals surface area contributed by atoms with E-state index >= 15 is 0 Å². The minimum Gasteiger partial charge on any atom is -0.495 e. The van der Waals surface area contributed by atoms with Crippen molar-refractivity contribution in [2.45, 2.75) is 31.3 Å². The summed E-state index contributed by atoms with van der Waals surface area (Å²) in [5.74, 6) is 0.680. The topological polar surface area (TPSA) is 76.7 Å². The molecule has 1 aromatic carbocycles. The van der Waals surface area contributed by atoms with Gasteiger partial charge in [0, 0.05) is 13.7 Å². The Labute approximate surface area is 132 Å². The van der Waals surface area contributed by atoms with E-state index in [0.717, 1.165) is 37.8 Å². The van der Waals surface area contributed by atoms with Gasteiger partial charge in [0.05, 0.1) is 30.3 Å². The highest BCUT2D eigenvalue weighted by molar-refractivity contribution is 7.92. The molecule has 0 unspecified atom stereocenters. The van der Waals surface area contributed by atoms with Crippen LogP contribution in [0.1, 0.15) is 25.7 Å². The van der Waals surface area contributed by atoms with Crippen LogP contribution < -0.4 is 14.8 Å². The Balaban J connectivity index is 2.03. The van der Waals surface area contributed by atoms with Gasteiger partial charge in [-0.1, -0.05) is 0 Å². The Morgan fingerprint density at radius 3 is 2.50 bits per heavy atom. The molecule has 0 aliphatic heterocycles. The van der Waals surface area contributed by atoms with Crippen molar-refractivity contribution in [2.75, 3.05) is 37.1 Å². The van der Waals surface area contributed by atoms with Crippen LogP contribution in [0.3, 0.4) is 0 Å². The average molecular weight is 328 g/mol. The Hall–Kier alpha value is -1.47. The maximum atomic E-state index is 11.3. The number of anilines is 2. The first-order chi connectivity index (χ1) is 10.4. The van der Waals surface area contributed by atoms with Crippen molar-refractivity contribution in [3.63, 3.8) is 0 Å². The number of hydrogen-bond donors (Lipinski definition) is 2. The summed E-state index contributed by atoms with van der Waals surface area (Å²) in [6.45, 7) is 0.743. The van der Waals surface area contributed by atoms with E-state index in [9.17, 15) is 8.42 Å². The normalized spacial score (nSPS) is 16.7. The van der Waals surface area contributed by atoms with Crippen LogP contribution in [-0.2, 0) is 14.8 Å². The summed E-state index contributed by atoms with van der Waals surface area (Å²) in [5, 5.41) is 3.31. The van der Waals surface area contributed by atoms with Crippen molar-refractivity contribution in [3.05, 3.63) is 18.2 Å². The quantitative estimate of drug-likeness (QED) is 0.766. The maximum Gasteiger partial charge on any atom is 0.229 e. The minimum atomic E-state index is -3.29. The summed E-state index contributed by atoms with van der Waals surface area (Å²) < 4.78 is 36.0. The number of rotatable bonds is 8. The summed E-state index contributed by atoms with van der Waals surface area (Å²) in [4.78, 5) is 0. The molecule has 0 saturated heterocycles. The zero-order valence-corrected chi connectivity index (χ0v) is 14.1. The molecule has 0 bridgehead atoms. The molecule has 6 nitrogen and oxygen atoms in total. The van der Waals surface area contributed by atoms with Gasteiger partial charge in [0.15, 0.2) is 0 Å². The van der Waals surface area contributed by atoms with Crippen molar-refractivity contribution in [2.24, 2.45) is 0 Å². The van der Waals surface area contributed by atoms with Gasteiger partial charge in [0.1, 0.15) is 5.75 Å². The molecular weight excluding hydrogens is 304 g/mol. The largest absolute Gasteiger partial charge is 0.495 e. The van der Waals surface area contributed by atoms with Crippen LogP contribution in [0, 0.1) is 0 Å². The highest BCUT2D eigenvalue weighted by Crippen LogP contribution is 2.38. The molecule has 0 atom stereocenters. The van der Waals surface area contributed by atoms with Crippen LogP contribution in [0.2, 0.25) is 0 Å². The van der Waals surface area contributed by atoms with Crippen LogP contribution in [0.15, 0.2) is 18.2 Å². The lowest BCUT2D eigenvalue weighted by molar-refractivity contribution is -0.0748. The fourth-order valence-corrected chi connectivity index (χ4v) is 3.23. The van der Waals surface area contributed by atoms with Crippen LogP contribution in [0.25, 0.3) is 0 Å². The standard InChI is InChI=1S/C15H24N2O4S/c1-20-14-6-5-12(17-22(3,18)19)11-13(14)16-10-9-15(21-2)7-4-8-15/h5-6,11,16-17H,4,7-10H2,1-3H3. The zero-order chi connectivity index (χ0) is 16.2. The lowest BCUT2D eigenvalue weighted by Crippen LogP contribution is -2.40. The van der Waals surface area contributed by atoms with Crippen molar-refractivity contribution in [1.82, 2.24) is 0 Å². The molecule has 7 heteroatoms. The van der Waals surface area contributed by atoms with E-state index in [1.807, 2.05) is 0 Å². The second kappa shape index (κ2) is 6.75. The van der Waals surface area contributed by atoms with Gasteiger partial charge < -0.3 is 14.8 Å². The smallest absolute Gasteiger partial charge is 0.229 e. The molecule has 2 N–H and O–H groups in total. The SMILES string of the molecule is COc1ccc(NS(C)(=O)=O)cc1NCCC1(OC)CCC1. The first kappa shape index (κ1) is 16.9. The van der Waals surface area contributed by atoms with Gasteiger partial charge in [-0.2, -0.15) is 0 Å². The van der Waals surface area contributed by atoms with Crippen LogP contribution in [-0.4, -0.2) is 41.0 Å². The van der Waals surface area contributed by atoms with Gasteiger partial charge in [-0.15, -0.1) is 0 Å². The number of ether oxygens (including phenoxy) is 2. The van der Waals surface area contributed by atoms with E-state index in [1.54, 1.807) is 32.4 Å². The van der Waals surface area contributed by atoms with E-state index in [1.165, 1.54) is 6.42 Å². The monoisotopic (exact) mass is 328 g/mol. The third-order valence-corrected chi connectivity index (χ3v) is 4.70. The minimum absolute atomic E-state index is 0.00283. The van der Waals surface area contributed by atoms with Gasteiger partial charge in [-0.25, -0.2) is 8.42 Å². The Kier molecular flexibility index (Phi) is 5.18. The summed E-state index contributed by atoms with van der Waals surface area (Å²) in [6.07, 6.45) is 5.45. The molecule has 0 amide bonds. The summed E-state index contributed by atoms with van der Waals surface area (Å²) in [5.41, 5.74) is 1.28. The molecular formula is C15H24N2O4S. The van der Waals surface area contributed by atoms with Gasteiger partial charge in [0.2, 0.25) is 10.0 Å². The van der Waals surface area contributed by atoms with Crippen molar-refractivity contribution >= 4 is 21.4 Å². The second-order valence-corrected chi connectivity index (χ2v) is 7.46. The summed E-state index contributed by atoms with van der Waals surface area (Å²) >= 11 is 0. The highest BCUT2D eigenvalue weighted by atomic mass is 32.2. The maximum absolute atomic E-state index is 11.3. The molecule has 0 spiro atoms. The molecule has 0 radical (unpaired) electrons. The molecule has 1 aromatic rings. The number of hydrogen-bond acceptors (Lipinski definition) is 5. The summed E-state index contributed by atoms with van der Waals surface area (Å²) in [6, 6.07) is 5.15. The highest BCUT2D eigenvalue weighted by Gasteiger charge is 2.36.